The SMILES string of the molecule is CC(Sc1ccc(Br)cc1)C(=O)N1CCC2(CCNC2)CC1. The number of halogens is 1. The maximum atomic E-state index is 12.7. The Morgan fingerprint density at radius 2 is 1.95 bits per heavy atom. The lowest BCUT2D eigenvalue weighted by Crippen LogP contribution is -2.46. The van der Waals surface area contributed by atoms with Crippen LogP contribution >= 0.6 is 27.7 Å². The van der Waals surface area contributed by atoms with Crippen LogP contribution < -0.4 is 5.32 Å². The van der Waals surface area contributed by atoms with Crippen LogP contribution in [0.5, 0.6) is 0 Å². The molecule has 120 valence electrons. The van der Waals surface area contributed by atoms with Gasteiger partial charge in [-0.3, -0.25) is 4.79 Å². The minimum Gasteiger partial charge on any atom is -0.342 e. The Labute approximate surface area is 145 Å². The number of rotatable bonds is 3. The van der Waals surface area contributed by atoms with Crippen LogP contribution in [0.25, 0.3) is 0 Å². The van der Waals surface area contributed by atoms with Gasteiger partial charge in [-0.25, -0.2) is 0 Å². The van der Waals surface area contributed by atoms with E-state index in [2.05, 4.69) is 38.3 Å². The van der Waals surface area contributed by atoms with Crippen molar-refractivity contribution in [2.24, 2.45) is 5.41 Å². The molecule has 1 unspecified atom stereocenters. The van der Waals surface area contributed by atoms with Crippen molar-refractivity contribution in [1.29, 1.82) is 0 Å². The van der Waals surface area contributed by atoms with Gasteiger partial charge in [0.1, 0.15) is 0 Å². The molecule has 0 radical (unpaired) electrons. The van der Waals surface area contributed by atoms with Crippen LogP contribution in [-0.4, -0.2) is 42.2 Å². The summed E-state index contributed by atoms with van der Waals surface area (Å²) in [4.78, 5) is 15.9. The molecule has 1 aromatic carbocycles. The summed E-state index contributed by atoms with van der Waals surface area (Å²) in [6.45, 7) is 6.15. The average Bonchev–Trinajstić information content (AvgIpc) is 2.98. The number of nitrogens with one attached hydrogen (secondary N) is 1. The largest absolute Gasteiger partial charge is 0.342 e. The Morgan fingerprint density at radius 1 is 1.27 bits per heavy atom. The zero-order chi connectivity index (χ0) is 15.6. The van der Waals surface area contributed by atoms with Crippen molar-refractivity contribution in [3.05, 3.63) is 28.7 Å². The van der Waals surface area contributed by atoms with E-state index >= 15 is 0 Å². The Hall–Kier alpha value is -0.520. The molecule has 2 heterocycles. The van der Waals surface area contributed by atoms with Gasteiger partial charge in [-0.1, -0.05) is 15.9 Å². The van der Waals surface area contributed by atoms with Gasteiger partial charge in [0.2, 0.25) is 5.91 Å². The van der Waals surface area contributed by atoms with E-state index in [-0.39, 0.29) is 11.2 Å². The molecule has 2 fully saturated rings. The van der Waals surface area contributed by atoms with Crippen LogP contribution in [0.1, 0.15) is 26.2 Å². The number of piperidine rings is 1. The summed E-state index contributed by atoms with van der Waals surface area (Å²) in [6, 6.07) is 8.18. The number of benzene rings is 1. The van der Waals surface area contributed by atoms with E-state index in [0.29, 0.717) is 5.41 Å². The van der Waals surface area contributed by atoms with Crippen molar-refractivity contribution in [2.45, 2.75) is 36.3 Å². The molecule has 1 N–H and O–H groups in total. The van der Waals surface area contributed by atoms with E-state index in [1.165, 1.54) is 6.42 Å². The molecule has 0 aliphatic carbocycles. The molecule has 2 saturated heterocycles. The van der Waals surface area contributed by atoms with Gasteiger partial charge in [0.25, 0.3) is 0 Å². The average molecular weight is 383 g/mol. The van der Waals surface area contributed by atoms with Crippen LogP contribution in [0.2, 0.25) is 0 Å². The number of hydrogen-bond donors (Lipinski definition) is 1. The Balaban J connectivity index is 1.54. The fourth-order valence-electron chi connectivity index (χ4n) is 3.45. The first-order chi connectivity index (χ1) is 10.6. The maximum absolute atomic E-state index is 12.7. The number of thioether (sulfide) groups is 1. The molecule has 22 heavy (non-hydrogen) atoms. The molecule has 3 rings (SSSR count). The number of nitrogens with zero attached hydrogens (tertiary/aromatic N) is 1. The topological polar surface area (TPSA) is 32.3 Å². The van der Waals surface area contributed by atoms with Gasteiger partial charge in [-0.15, -0.1) is 11.8 Å². The molecule has 0 aromatic heterocycles. The van der Waals surface area contributed by atoms with Crippen molar-refractivity contribution >= 4 is 33.6 Å². The van der Waals surface area contributed by atoms with Crippen LogP contribution in [0.4, 0.5) is 0 Å². The Bertz CT molecular complexity index is 518. The monoisotopic (exact) mass is 382 g/mol. The van der Waals surface area contributed by atoms with Crippen molar-refractivity contribution in [3.8, 4) is 0 Å². The number of amides is 1. The highest BCUT2D eigenvalue weighted by Gasteiger charge is 2.38. The number of carbonyl (C=O) groups excluding carboxylic acids is 1. The quantitative estimate of drug-likeness (QED) is 0.811. The predicted molar refractivity (Wildman–Crippen MR) is 95.2 cm³/mol. The summed E-state index contributed by atoms with van der Waals surface area (Å²) in [5.41, 5.74) is 0.471. The summed E-state index contributed by atoms with van der Waals surface area (Å²) in [5, 5.41) is 3.46. The minimum absolute atomic E-state index is 0.0167. The van der Waals surface area contributed by atoms with E-state index in [9.17, 15) is 4.79 Å². The minimum atomic E-state index is -0.0167. The molecule has 1 atom stereocenters. The number of hydrogen-bond acceptors (Lipinski definition) is 3. The lowest BCUT2D eigenvalue weighted by molar-refractivity contribution is -0.132. The summed E-state index contributed by atoms with van der Waals surface area (Å²) in [5.74, 6) is 0.286. The first-order valence-electron chi connectivity index (χ1n) is 8.00. The molecule has 1 spiro atoms. The van der Waals surface area contributed by atoms with Gasteiger partial charge in [-0.05, 0) is 62.4 Å². The van der Waals surface area contributed by atoms with Gasteiger partial charge in [-0.2, -0.15) is 0 Å². The molecule has 1 amide bonds. The third-order valence-electron chi connectivity index (χ3n) is 4.94. The molecule has 1 aromatic rings. The Morgan fingerprint density at radius 3 is 2.55 bits per heavy atom. The van der Waals surface area contributed by atoms with Gasteiger partial charge in [0.15, 0.2) is 0 Å². The zero-order valence-corrected chi connectivity index (χ0v) is 15.4. The van der Waals surface area contributed by atoms with Gasteiger partial charge < -0.3 is 10.2 Å². The van der Waals surface area contributed by atoms with E-state index in [4.69, 9.17) is 0 Å². The van der Waals surface area contributed by atoms with E-state index in [0.717, 1.165) is 48.4 Å². The van der Waals surface area contributed by atoms with Crippen molar-refractivity contribution in [3.63, 3.8) is 0 Å². The van der Waals surface area contributed by atoms with Crippen LogP contribution in [0, 0.1) is 5.41 Å². The van der Waals surface area contributed by atoms with Gasteiger partial charge in [0, 0.05) is 29.0 Å². The molecular formula is C17H23BrN2OS. The Kier molecular flexibility index (Phi) is 5.15. The second kappa shape index (κ2) is 6.93. The molecule has 2 aliphatic rings. The van der Waals surface area contributed by atoms with Crippen LogP contribution in [0.15, 0.2) is 33.6 Å². The first kappa shape index (κ1) is 16.3. The zero-order valence-electron chi connectivity index (χ0n) is 13.0. The van der Waals surface area contributed by atoms with Crippen molar-refractivity contribution in [2.75, 3.05) is 26.2 Å². The molecular weight excluding hydrogens is 360 g/mol. The summed E-state index contributed by atoms with van der Waals surface area (Å²) in [7, 11) is 0. The third-order valence-corrected chi connectivity index (χ3v) is 6.57. The van der Waals surface area contributed by atoms with Crippen LogP contribution in [-0.2, 0) is 4.79 Å². The summed E-state index contributed by atoms with van der Waals surface area (Å²) >= 11 is 5.10. The fourth-order valence-corrected chi connectivity index (χ4v) is 4.66. The van der Waals surface area contributed by atoms with Crippen molar-refractivity contribution < 1.29 is 4.79 Å². The molecule has 2 aliphatic heterocycles. The second-order valence-electron chi connectivity index (χ2n) is 6.47. The van der Waals surface area contributed by atoms with Gasteiger partial charge >= 0.3 is 0 Å². The highest BCUT2D eigenvalue weighted by atomic mass is 79.9. The normalized spacial score (nSPS) is 22.0. The first-order valence-corrected chi connectivity index (χ1v) is 9.67. The fraction of sp³-hybridized carbons (Fsp3) is 0.588. The lowest BCUT2D eigenvalue weighted by Gasteiger charge is -2.39. The second-order valence-corrected chi connectivity index (χ2v) is 8.80. The third kappa shape index (κ3) is 3.69. The maximum Gasteiger partial charge on any atom is 0.235 e. The van der Waals surface area contributed by atoms with Gasteiger partial charge in [0.05, 0.1) is 5.25 Å². The highest BCUT2D eigenvalue weighted by Crippen LogP contribution is 2.37. The number of carbonyl (C=O) groups is 1. The smallest absolute Gasteiger partial charge is 0.235 e. The molecule has 5 heteroatoms. The summed E-state index contributed by atoms with van der Waals surface area (Å²) < 4.78 is 1.07. The van der Waals surface area contributed by atoms with E-state index < -0.39 is 0 Å². The van der Waals surface area contributed by atoms with Crippen LogP contribution in [0.3, 0.4) is 0 Å². The molecule has 3 nitrogen and oxygen atoms in total. The predicted octanol–water partition coefficient (Wildman–Crippen LogP) is 3.53. The van der Waals surface area contributed by atoms with Crippen molar-refractivity contribution in [1.82, 2.24) is 10.2 Å². The molecule has 0 bridgehead atoms. The van der Waals surface area contributed by atoms with E-state index in [1.807, 2.05) is 19.1 Å². The standard InChI is InChI=1S/C17H23BrN2OS/c1-13(22-15-4-2-14(18)3-5-15)16(21)20-10-7-17(8-11-20)6-9-19-12-17/h2-5,13,19H,6-12H2,1H3. The number of likely N-dealkylation sites (tertiary alicyclic amines) is 1. The highest BCUT2D eigenvalue weighted by molar-refractivity contribution is 9.10. The van der Waals surface area contributed by atoms with E-state index in [1.54, 1.807) is 11.8 Å². The summed E-state index contributed by atoms with van der Waals surface area (Å²) in [6.07, 6.45) is 3.58. The molecule has 0 saturated carbocycles. The lowest BCUT2D eigenvalue weighted by atomic mass is 9.78.